The Morgan fingerprint density at radius 2 is 1.55 bits per heavy atom. The van der Waals surface area contributed by atoms with Crippen LogP contribution in [-0.2, 0) is 27.5 Å². The van der Waals surface area contributed by atoms with Crippen molar-refractivity contribution in [3.05, 3.63) is 78.2 Å². The molecule has 0 amide bonds. The average Bonchev–Trinajstić information content (AvgIpc) is 3.00. The van der Waals surface area contributed by atoms with Gasteiger partial charge in [-0.2, -0.15) is 9.55 Å². The van der Waals surface area contributed by atoms with Crippen molar-refractivity contribution in [2.45, 2.75) is 83.3 Å². The number of benzene rings is 2. The maximum Gasteiger partial charge on any atom is 0.469 e. The number of halogens is 5. The number of nitrogens with one attached hydrogen (secondary N) is 2. The van der Waals surface area contributed by atoms with Crippen LogP contribution in [0.1, 0.15) is 55.0 Å². The van der Waals surface area contributed by atoms with Gasteiger partial charge in [0.05, 0.1) is 6.61 Å². The number of aromatic nitrogens is 4. The summed E-state index contributed by atoms with van der Waals surface area (Å²) in [7, 11) is -5.04. The zero-order valence-corrected chi connectivity index (χ0v) is 27.4. The number of aryl methyl sites for hydroxylation is 1. The van der Waals surface area contributed by atoms with Gasteiger partial charge >= 0.3 is 30.2 Å². The Labute approximate surface area is 273 Å². The molecule has 4 aromatic rings. The van der Waals surface area contributed by atoms with Gasteiger partial charge in [-0.15, -0.1) is 0 Å². The number of phosphoric ester groups is 1. The lowest BCUT2D eigenvalue weighted by molar-refractivity contribution is -0.708. The molecular formula is C30H34F5N4O9P+2. The van der Waals surface area contributed by atoms with E-state index < -0.39 is 103 Å². The van der Waals surface area contributed by atoms with Crippen LogP contribution in [0.5, 0.6) is 0 Å². The lowest BCUT2D eigenvalue weighted by Gasteiger charge is -2.35. The van der Waals surface area contributed by atoms with Crippen molar-refractivity contribution in [3.63, 3.8) is 0 Å². The van der Waals surface area contributed by atoms with E-state index in [9.17, 15) is 51.4 Å². The van der Waals surface area contributed by atoms with Gasteiger partial charge in [0.15, 0.2) is 34.8 Å². The highest BCUT2D eigenvalue weighted by molar-refractivity contribution is 7.46. The Morgan fingerprint density at radius 1 is 0.959 bits per heavy atom. The fourth-order valence-corrected chi connectivity index (χ4v) is 7.20. The second kappa shape index (κ2) is 12.9. The first-order chi connectivity index (χ1) is 22.7. The molecule has 266 valence electrons. The topological polar surface area (TPSA) is 201 Å². The van der Waals surface area contributed by atoms with E-state index in [0.717, 1.165) is 11.1 Å². The molecule has 13 nitrogen and oxygen atoms in total. The monoisotopic (exact) mass is 720 g/mol. The molecule has 0 radical (unpaired) electrons. The number of rotatable bonds is 10. The highest BCUT2D eigenvalue weighted by Gasteiger charge is 2.47. The Hall–Kier alpha value is -3.64. The van der Waals surface area contributed by atoms with Crippen molar-refractivity contribution >= 4 is 30.0 Å². The van der Waals surface area contributed by atoms with Crippen molar-refractivity contribution < 1.29 is 65.3 Å². The summed E-state index contributed by atoms with van der Waals surface area (Å²) in [6.45, 7) is 5.69. The van der Waals surface area contributed by atoms with E-state index in [2.05, 4.69) is 14.5 Å². The van der Waals surface area contributed by atoms with Crippen LogP contribution in [0, 0.1) is 42.9 Å². The normalized spacial score (nSPS) is 17.9. The fourth-order valence-electron chi connectivity index (χ4n) is 6.85. The molecule has 0 saturated heterocycles. The van der Waals surface area contributed by atoms with Crippen LogP contribution >= 0.6 is 7.82 Å². The first kappa shape index (κ1) is 36.6. The summed E-state index contributed by atoms with van der Waals surface area (Å²) in [6.07, 6.45) is -6.55. The van der Waals surface area contributed by atoms with Crippen molar-refractivity contribution in [1.82, 2.24) is 9.97 Å². The van der Waals surface area contributed by atoms with Gasteiger partial charge in [0.2, 0.25) is 5.82 Å². The molecule has 0 fully saturated rings. The van der Waals surface area contributed by atoms with Gasteiger partial charge in [-0.1, -0.05) is 13.8 Å². The molecule has 0 saturated carbocycles. The van der Waals surface area contributed by atoms with E-state index in [1.807, 2.05) is 20.8 Å². The number of phosphoric acid groups is 1. The molecule has 0 aliphatic carbocycles. The second-order valence-corrected chi connectivity index (χ2v) is 14.1. The molecule has 0 spiro atoms. The molecular weight excluding hydrogens is 686 g/mol. The molecule has 1 aliphatic rings. The van der Waals surface area contributed by atoms with Crippen molar-refractivity contribution in [3.8, 4) is 0 Å². The molecule has 1 aliphatic heterocycles. The number of fused-ring (bicyclic) bond motifs is 2. The molecule has 49 heavy (non-hydrogen) atoms. The van der Waals surface area contributed by atoms with E-state index in [-0.39, 0.29) is 29.5 Å². The smallest absolute Gasteiger partial charge is 0.388 e. The third kappa shape index (κ3) is 6.54. The zero-order chi connectivity index (χ0) is 36.5. The van der Waals surface area contributed by atoms with Gasteiger partial charge in [0, 0.05) is 29.4 Å². The summed E-state index contributed by atoms with van der Waals surface area (Å²) >= 11 is 0. The summed E-state index contributed by atoms with van der Waals surface area (Å²) in [5, 5.41) is 31.9. The maximum absolute atomic E-state index is 14.7. The number of nitrogens with zero attached hydrogens (tertiary/aromatic N) is 2. The minimum Gasteiger partial charge on any atom is -0.388 e. The largest absolute Gasteiger partial charge is 0.469 e. The maximum atomic E-state index is 14.7. The highest BCUT2D eigenvalue weighted by atomic mass is 31.2. The fraction of sp³-hybridized carbons (Fsp3) is 0.467. The van der Waals surface area contributed by atoms with E-state index >= 15 is 0 Å². The number of aliphatic hydroxyl groups is 3. The molecule has 0 bridgehead atoms. The van der Waals surface area contributed by atoms with Crippen LogP contribution in [0.3, 0.4) is 0 Å². The summed E-state index contributed by atoms with van der Waals surface area (Å²) in [5.74, 6) is -10.4. The molecule has 7 N–H and O–H groups in total. The standard InChI is InChI=1S/C30H32F5N4O9P/c1-11-7-15-24-18(12(11)2)30(3,4)8-13(5-6-14-19(31)21(33)23(35)22(34)20(14)32)39(24)25-27(36-29(44)37-28(25)43)38(15)9-16(40)26(42)17(41)10-48-49(45,46)47/h7,13,16-17,26,40-42H,5-6,8-10H2,1-4H3,(H2-,37,43,44,45,46,47)/p+2/t13-,16+,17-,26+/m1/s1. The first-order valence-corrected chi connectivity index (χ1v) is 16.5. The average molecular weight is 721 g/mol. The first-order valence-electron chi connectivity index (χ1n) is 15.0. The number of hydrogen-bond acceptors (Lipinski definition) is 7. The number of H-pyrrole nitrogens is 2. The number of hydrogen-bond donors (Lipinski definition) is 7. The lowest BCUT2D eigenvalue weighted by Crippen LogP contribution is -2.58. The third-order valence-electron chi connectivity index (χ3n) is 9.13. The highest BCUT2D eigenvalue weighted by Crippen LogP contribution is 2.43. The summed E-state index contributed by atoms with van der Waals surface area (Å²) in [5.41, 5.74) is -1.16. The van der Waals surface area contributed by atoms with Crippen LogP contribution in [0.2, 0.25) is 0 Å². The van der Waals surface area contributed by atoms with Crippen LogP contribution in [0.25, 0.3) is 22.2 Å². The summed E-state index contributed by atoms with van der Waals surface area (Å²) < 4.78 is 89.4. The minimum atomic E-state index is -5.04. The van der Waals surface area contributed by atoms with E-state index in [0.29, 0.717) is 11.1 Å². The second-order valence-electron chi connectivity index (χ2n) is 12.9. The van der Waals surface area contributed by atoms with Crippen LogP contribution in [-0.4, -0.2) is 60.0 Å². The molecule has 2 aromatic carbocycles. The van der Waals surface area contributed by atoms with Gasteiger partial charge in [0.1, 0.15) is 24.9 Å². The van der Waals surface area contributed by atoms with Gasteiger partial charge in [-0.3, -0.25) is 9.32 Å². The van der Waals surface area contributed by atoms with Gasteiger partial charge in [-0.25, -0.2) is 40.9 Å². The Bertz CT molecular complexity index is 2140. The Morgan fingerprint density at radius 3 is 2.14 bits per heavy atom. The molecule has 2 aromatic heterocycles. The van der Waals surface area contributed by atoms with Crippen molar-refractivity contribution in [2.24, 2.45) is 0 Å². The van der Waals surface area contributed by atoms with Gasteiger partial charge < -0.3 is 25.1 Å². The van der Waals surface area contributed by atoms with E-state index in [4.69, 9.17) is 9.79 Å². The Kier molecular flexibility index (Phi) is 9.66. The predicted molar refractivity (Wildman–Crippen MR) is 160 cm³/mol. The molecule has 5 rings (SSSR count). The van der Waals surface area contributed by atoms with Crippen LogP contribution in [0.15, 0.2) is 15.7 Å². The summed E-state index contributed by atoms with van der Waals surface area (Å²) in [4.78, 5) is 48.7. The number of aromatic amines is 2. The predicted octanol–water partition coefficient (Wildman–Crippen LogP) is 1.30. The van der Waals surface area contributed by atoms with Crippen molar-refractivity contribution in [1.29, 1.82) is 0 Å². The summed E-state index contributed by atoms with van der Waals surface area (Å²) in [6, 6.07) is 0.840. The lowest BCUT2D eigenvalue weighted by atomic mass is 9.72. The van der Waals surface area contributed by atoms with Gasteiger partial charge in [-0.05, 0) is 37.5 Å². The van der Waals surface area contributed by atoms with E-state index in [1.165, 1.54) is 9.13 Å². The third-order valence-corrected chi connectivity index (χ3v) is 9.61. The molecule has 4 atom stereocenters. The zero-order valence-electron chi connectivity index (χ0n) is 26.5. The number of aliphatic hydroxyl groups excluding tert-OH is 3. The Balaban J connectivity index is 1.74. The minimum absolute atomic E-state index is 0.191. The van der Waals surface area contributed by atoms with Crippen LogP contribution in [0.4, 0.5) is 22.0 Å². The van der Waals surface area contributed by atoms with Crippen LogP contribution < -0.4 is 20.4 Å². The molecule has 0 unspecified atom stereocenters. The van der Waals surface area contributed by atoms with E-state index in [1.54, 1.807) is 13.0 Å². The quantitative estimate of drug-likeness (QED) is 0.0315. The molecule has 19 heteroatoms. The van der Waals surface area contributed by atoms with Gasteiger partial charge in [0.25, 0.3) is 5.52 Å². The molecule has 3 heterocycles. The van der Waals surface area contributed by atoms with Crippen molar-refractivity contribution in [2.75, 3.05) is 6.61 Å². The SMILES string of the molecule is Cc1cc2c3c(c1C)C(C)(C)C[C@@H](CCc1c(F)c(F)c(F)c(F)c1F)[n+]3c1c(=O)[nH]c(=O)[nH]c1[n+]2C[C@H](O)[C@H](O)[C@H](O)COP(=O)(O)O.